The Morgan fingerprint density at radius 2 is 1.68 bits per heavy atom. The summed E-state index contributed by atoms with van der Waals surface area (Å²) in [7, 11) is -1.88. The molecular formula is C17H22N2O2S. The second-order valence-corrected chi connectivity index (χ2v) is 7.54. The highest BCUT2D eigenvalue weighted by molar-refractivity contribution is 7.89. The zero-order valence-corrected chi connectivity index (χ0v) is 14.0. The van der Waals surface area contributed by atoms with Crippen LogP contribution in [-0.2, 0) is 16.6 Å². The van der Waals surface area contributed by atoms with Crippen molar-refractivity contribution in [3.8, 4) is 0 Å². The van der Waals surface area contributed by atoms with Crippen molar-refractivity contribution in [2.75, 3.05) is 7.05 Å². The van der Waals surface area contributed by atoms with Crippen LogP contribution in [0.3, 0.4) is 0 Å². The van der Waals surface area contributed by atoms with E-state index in [0.29, 0.717) is 17.4 Å². The maximum absolute atomic E-state index is 12.6. The fourth-order valence-electron chi connectivity index (χ4n) is 2.21. The molecule has 0 saturated heterocycles. The first-order valence-corrected chi connectivity index (χ1v) is 8.84. The average molecular weight is 318 g/mol. The van der Waals surface area contributed by atoms with Gasteiger partial charge in [0, 0.05) is 26.0 Å². The van der Waals surface area contributed by atoms with Gasteiger partial charge in [0.2, 0.25) is 10.0 Å². The van der Waals surface area contributed by atoms with Crippen molar-refractivity contribution in [1.82, 2.24) is 9.29 Å². The fourth-order valence-corrected chi connectivity index (χ4v) is 3.37. The van der Waals surface area contributed by atoms with E-state index in [4.69, 9.17) is 0 Å². The first-order chi connectivity index (χ1) is 10.4. The molecule has 0 bridgehead atoms. The molecule has 1 unspecified atom stereocenters. The van der Waals surface area contributed by atoms with Crippen LogP contribution in [0.5, 0.6) is 0 Å². The maximum Gasteiger partial charge on any atom is 0.243 e. The second-order valence-electron chi connectivity index (χ2n) is 5.49. The van der Waals surface area contributed by atoms with Crippen molar-refractivity contribution in [1.29, 1.82) is 0 Å². The number of pyridine rings is 1. The predicted molar refractivity (Wildman–Crippen MR) is 88.0 cm³/mol. The van der Waals surface area contributed by atoms with Crippen LogP contribution in [0.15, 0.2) is 53.7 Å². The van der Waals surface area contributed by atoms with E-state index in [1.165, 1.54) is 9.87 Å². The SMILES string of the molecule is CCC(C)c1ccc(S(=O)(=O)N(C)Cc2ccncc2)cc1. The van der Waals surface area contributed by atoms with Crippen molar-refractivity contribution >= 4 is 10.0 Å². The lowest BCUT2D eigenvalue weighted by Gasteiger charge is -2.18. The molecule has 0 radical (unpaired) electrons. The molecule has 2 rings (SSSR count). The van der Waals surface area contributed by atoms with Gasteiger partial charge in [-0.2, -0.15) is 4.31 Å². The Bertz CT molecular complexity index is 697. The number of hydrogen-bond acceptors (Lipinski definition) is 3. The van der Waals surface area contributed by atoms with Gasteiger partial charge in [-0.25, -0.2) is 8.42 Å². The Morgan fingerprint density at radius 1 is 1.09 bits per heavy atom. The molecule has 1 heterocycles. The van der Waals surface area contributed by atoms with Crippen LogP contribution in [0.2, 0.25) is 0 Å². The smallest absolute Gasteiger partial charge is 0.243 e. The quantitative estimate of drug-likeness (QED) is 0.820. The van der Waals surface area contributed by atoms with Crippen LogP contribution >= 0.6 is 0 Å². The third-order valence-electron chi connectivity index (χ3n) is 3.92. The lowest BCUT2D eigenvalue weighted by Crippen LogP contribution is -2.26. The average Bonchev–Trinajstić information content (AvgIpc) is 2.55. The summed E-state index contributed by atoms with van der Waals surface area (Å²) in [5, 5.41) is 0. The summed E-state index contributed by atoms with van der Waals surface area (Å²) in [5.41, 5.74) is 2.08. The molecule has 4 nitrogen and oxygen atoms in total. The minimum absolute atomic E-state index is 0.330. The molecule has 1 aromatic carbocycles. The van der Waals surface area contributed by atoms with Gasteiger partial charge in [0.1, 0.15) is 0 Å². The Labute approximate surface area is 132 Å². The molecule has 1 aromatic heterocycles. The van der Waals surface area contributed by atoms with Crippen LogP contribution in [0.1, 0.15) is 37.3 Å². The maximum atomic E-state index is 12.6. The highest BCUT2D eigenvalue weighted by Gasteiger charge is 2.21. The Kier molecular flexibility index (Phi) is 5.32. The summed E-state index contributed by atoms with van der Waals surface area (Å²) in [6.45, 7) is 4.59. The minimum atomic E-state index is -3.47. The molecule has 0 aliphatic carbocycles. The van der Waals surface area contributed by atoms with Crippen molar-refractivity contribution in [3.05, 3.63) is 59.9 Å². The Balaban J connectivity index is 2.19. The standard InChI is InChI=1S/C17H22N2O2S/c1-4-14(2)16-5-7-17(8-6-16)22(20,21)19(3)13-15-9-11-18-12-10-15/h5-12,14H,4,13H2,1-3H3. The molecule has 1 atom stereocenters. The summed E-state index contributed by atoms with van der Waals surface area (Å²) >= 11 is 0. The van der Waals surface area contributed by atoms with E-state index in [2.05, 4.69) is 18.8 Å². The third-order valence-corrected chi connectivity index (χ3v) is 5.74. The van der Waals surface area contributed by atoms with Gasteiger partial charge in [-0.05, 0) is 47.7 Å². The van der Waals surface area contributed by atoms with E-state index in [0.717, 1.165) is 12.0 Å². The molecule has 0 fully saturated rings. The molecule has 2 aromatic rings. The van der Waals surface area contributed by atoms with Crippen molar-refractivity contribution in [3.63, 3.8) is 0 Å². The molecule has 0 spiro atoms. The van der Waals surface area contributed by atoms with Crippen LogP contribution in [0.25, 0.3) is 0 Å². The normalized spacial score (nSPS) is 13.3. The van der Waals surface area contributed by atoms with Gasteiger partial charge < -0.3 is 0 Å². The third kappa shape index (κ3) is 3.72. The second kappa shape index (κ2) is 7.03. The number of sulfonamides is 1. The number of rotatable bonds is 6. The fraction of sp³-hybridized carbons (Fsp3) is 0.353. The highest BCUT2D eigenvalue weighted by atomic mass is 32.2. The summed E-state index contributed by atoms with van der Waals surface area (Å²) < 4.78 is 26.6. The van der Waals surface area contributed by atoms with E-state index < -0.39 is 10.0 Å². The Hall–Kier alpha value is -1.72. The molecule has 5 heteroatoms. The van der Waals surface area contributed by atoms with E-state index in [-0.39, 0.29) is 0 Å². The molecule has 0 N–H and O–H groups in total. The summed E-state index contributed by atoms with van der Waals surface area (Å²) in [5.74, 6) is 0.436. The molecule has 0 aliphatic rings. The first-order valence-electron chi connectivity index (χ1n) is 7.40. The van der Waals surface area contributed by atoms with Gasteiger partial charge in [-0.15, -0.1) is 0 Å². The molecule has 0 amide bonds. The van der Waals surface area contributed by atoms with Crippen molar-refractivity contribution < 1.29 is 8.42 Å². The molecule has 22 heavy (non-hydrogen) atoms. The lowest BCUT2D eigenvalue weighted by atomic mass is 9.99. The van der Waals surface area contributed by atoms with Gasteiger partial charge >= 0.3 is 0 Å². The van der Waals surface area contributed by atoms with Gasteiger partial charge in [0.05, 0.1) is 4.90 Å². The van der Waals surface area contributed by atoms with Crippen LogP contribution < -0.4 is 0 Å². The number of nitrogens with zero attached hydrogens (tertiary/aromatic N) is 2. The monoisotopic (exact) mass is 318 g/mol. The molecule has 0 aliphatic heterocycles. The van der Waals surface area contributed by atoms with Crippen LogP contribution in [-0.4, -0.2) is 24.8 Å². The van der Waals surface area contributed by atoms with E-state index in [9.17, 15) is 8.42 Å². The topological polar surface area (TPSA) is 50.3 Å². The largest absolute Gasteiger partial charge is 0.265 e. The van der Waals surface area contributed by atoms with Crippen molar-refractivity contribution in [2.45, 2.75) is 37.6 Å². The summed E-state index contributed by atoms with van der Waals surface area (Å²) in [4.78, 5) is 4.27. The predicted octanol–water partition coefficient (Wildman–Crippen LogP) is 3.42. The van der Waals surface area contributed by atoms with Gasteiger partial charge in [-0.1, -0.05) is 26.0 Å². The van der Waals surface area contributed by atoms with Gasteiger partial charge in [0.15, 0.2) is 0 Å². The lowest BCUT2D eigenvalue weighted by molar-refractivity contribution is 0.466. The minimum Gasteiger partial charge on any atom is -0.265 e. The summed E-state index contributed by atoms with van der Waals surface area (Å²) in [6.07, 6.45) is 4.36. The molecular weight excluding hydrogens is 296 g/mol. The number of benzene rings is 1. The van der Waals surface area contributed by atoms with E-state index >= 15 is 0 Å². The zero-order chi connectivity index (χ0) is 16.2. The van der Waals surface area contributed by atoms with E-state index in [1.54, 1.807) is 31.6 Å². The van der Waals surface area contributed by atoms with Gasteiger partial charge in [0.25, 0.3) is 0 Å². The Morgan fingerprint density at radius 3 is 2.23 bits per heavy atom. The zero-order valence-electron chi connectivity index (χ0n) is 13.2. The molecule has 0 saturated carbocycles. The highest BCUT2D eigenvalue weighted by Crippen LogP contribution is 2.22. The molecule has 118 valence electrons. The number of hydrogen-bond donors (Lipinski definition) is 0. The summed E-state index contributed by atoms with van der Waals surface area (Å²) in [6, 6.07) is 10.8. The van der Waals surface area contributed by atoms with E-state index in [1.807, 2.05) is 24.3 Å². The first kappa shape index (κ1) is 16.6. The van der Waals surface area contributed by atoms with Crippen molar-refractivity contribution in [2.24, 2.45) is 0 Å². The van der Waals surface area contributed by atoms with Gasteiger partial charge in [-0.3, -0.25) is 4.98 Å². The van der Waals surface area contributed by atoms with Crippen LogP contribution in [0, 0.1) is 0 Å². The number of aromatic nitrogens is 1. The van der Waals surface area contributed by atoms with Crippen LogP contribution in [0.4, 0.5) is 0 Å².